The summed E-state index contributed by atoms with van der Waals surface area (Å²) in [5.74, 6) is -0.993. The van der Waals surface area contributed by atoms with Gasteiger partial charge >= 0.3 is 7.12 Å². The topological polar surface area (TPSA) is 60.8 Å². The first-order valence-electron chi connectivity index (χ1n) is 5.46. The molecule has 0 unspecified atom stereocenters. The van der Waals surface area contributed by atoms with Gasteiger partial charge in [0.15, 0.2) is 0 Å². The molecule has 1 amide bonds. The second kappa shape index (κ2) is 5.79. The van der Waals surface area contributed by atoms with Crippen LogP contribution in [0.25, 0.3) is 0 Å². The minimum absolute atomic E-state index is 0.248. The number of nitrogens with zero attached hydrogens (tertiary/aromatic N) is 1. The van der Waals surface area contributed by atoms with Gasteiger partial charge in [-0.3, -0.25) is 4.79 Å². The van der Waals surface area contributed by atoms with Gasteiger partial charge in [0.2, 0.25) is 0 Å². The number of halogens is 1. The highest BCUT2D eigenvalue weighted by Crippen LogP contribution is 2.06. The second-order valence-electron chi connectivity index (χ2n) is 3.59. The summed E-state index contributed by atoms with van der Waals surface area (Å²) in [6.45, 7) is 4.77. The third-order valence-corrected chi connectivity index (χ3v) is 2.57. The largest absolute Gasteiger partial charge is 0.491 e. The van der Waals surface area contributed by atoms with Crippen LogP contribution in [0.2, 0.25) is 0 Å². The molecule has 17 heavy (non-hydrogen) atoms. The first-order chi connectivity index (χ1) is 8.01. The van der Waals surface area contributed by atoms with Crippen molar-refractivity contribution < 1.29 is 19.2 Å². The van der Waals surface area contributed by atoms with Gasteiger partial charge in [0, 0.05) is 24.1 Å². The summed E-state index contributed by atoms with van der Waals surface area (Å²) >= 11 is 0. The van der Waals surface area contributed by atoms with Crippen molar-refractivity contribution >= 4 is 18.5 Å². The molecule has 0 aliphatic carbocycles. The quantitative estimate of drug-likeness (QED) is 0.726. The lowest BCUT2D eigenvalue weighted by molar-refractivity contribution is 0.0773. The lowest BCUT2D eigenvalue weighted by Gasteiger charge is -2.19. The average molecular weight is 239 g/mol. The van der Waals surface area contributed by atoms with Gasteiger partial charge < -0.3 is 14.9 Å². The Morgan fingerprint density at radius 1 is 1.35 bits per heavy atom. The summed E-state index contributed by atoms with van der Waals surface area (Å²) in [6.07, 6.45) is 0. The highest BCUT2D eigenvalue weighted by molar-refractivity contribution is 6.58. The summed E-state index contributed by atoms with van der Waals surface area (Å²) in [5.41, 5.74) is -0.0405. The van der Waals surface area contributed by atoms with E-state index in [9.17, 15) is 9.18 Å². The van der Waals surface area contributed by atoms with Crippen molar-refractivity contribution in [2.24, 2.45) is 0 Å². The fourth-order valence-corrected chi connectivity index (χ4v) is 1.57. The van der Waals surface area contributed by atoms with E-state index in [4.69, 9.17) is 10.0 Å². The molecule has 0 heterocycles. The lowest BCUT2D eigenvalue weighted by Crippen LogP contribution is -2.35. The lowest BCUT2D eigenvalue weighted by atomic mass is 9.79. The van der Waals surface area contributed by atoms with E-state index in [1.807, 2.05) is 13.8 Å². The molecule has 1 aromatic rings. The molecule has 0 radical (unpaired) electrons. The fourth-order valence-electron chi connectivity index (χ4n) is 1.57. The van der Waals surface area contributed by atoms with E-state index >= 15 is 0 Å². The van der Waals surface area contributed by atoms with Crippen LogP contribution in [0.4, 0.5) is 4.39 Å². The molecule has 0 bridgehead atoms. The molecule has 1 aromatic carbocycles. The smallest absolute Gasteiger partial charge is 0.423 e. The zero-order chi connectivity index (χ0) is 13.0. The number of amides is 1. The molecular weight excluding hydrogens is 224 g/mol. The van der Waals surface area contributed by atoms with Crippen molar-refractivity contribution in [2.75, 3.05) is 13.1 Å². The van der Waals surface area contributed by atoms with Crippen LogP contribution in [-0.2, 0) is 0 Å². The number of hydrogen-bond acceptors (Lipinski definition) is 3. The first kappa shape index (κ1) is 13.7. The molecule has 6 heteroatoms. The molecule has 0 aliphatic rings. The Morgan fingerprint density at radius 3 is 2.41 bits per heavy atom. The van der Waals surface area contributed by atoms with Crippen molar-refractivity contribution in [1.29, 1.82) is 0 Å². The van der Waals surface area contributed by atoms with Crippen molar-refractivity contribution in [3.8, 4) is 0 Å². The van der Waals surface area contributed by atoms with Crippen LogP contribution in [0.3, 0.4) is 0 Å². The molecular formula is C11H15BFNO3. The summed E-state index contributed by atoms with van der Waals surface area (Å²) in [5, 5.41) is 17.9. The average Bonchev–Trinajstić information content (AvgIpc) is 2.30. The summed E-state index contributed by atoms with van der Waals surface area (Å²) < 4.78 is 13.2. The highest BCUT2D eigenvalue weighted by Gasteiger charge is 2.20. The number of benzene rings is 1. The van der Waals surface area contributed by atoms with Crippen molar-refractivity contribution in [1.82, 2.24) is 4.90 Å². The Morgan fingerprint density at radius 2 is 1.94 bits per heavy atom. The van der Waals surface area contributed by atoms with E-state index in [1.165, 1.54) is 12.1 Å². The predicted molar refractivity (Wildman–Crippen MR) is 63.5 cm³/mol. The van der Waals surface area contributed by atoms with Gasteiger partial charge in [0.25, 0.3) is 5.91 Å². The second-order valence-corrected chi connectivity index (χ2v) is 3.59. The molecule has 0 saturated carbocycles. The standard InChI is InChI=1S/C11H15BFNO3/c1-3-14(4-2)11(15)8-5-6-10(13)9(7-8)12(16)17/h5-7,16-17H,3-4H2,1-2H3. The minimum Gasteiger partial charge on any atom is -0.423 e. The monoisotopic (exact) mass is 239 g/mol. The highest BCUT2D eigenvalue weighted by atomic mass is 19.1. The molecule has 0 atom stereocenters. The molecule has 0 aromatic heterocycles. The van der Waals surface area contributed by atoms with Crippen LogP contribution in [0.1, 0.15) is 24.2 Å². The molecule has 0 spiro atoms. The van der Waals surface area contributed by atoms with Gasteiger partial charge in [-0.2, -0.15) is 0 Å². The maximum absolute atomic E-state index is 13.2. The van der Waals surface area contributed by atoms with E-state index in [2.05, 4.69) is 0 Å². The van der Waals surface area contributed by atoms with Gasteiger partial charge in [0.05, 0.1) is 0 Å². The molecule has 0 saturated heterocycles. The normalized spacial score (nSPS) is 10.2. The van der Waals surface area contributed by atoms with E-state index in [1.54, 1.807) is 4.90 Å². The molecule has 0 fully saturated rings. The number of carbonyl (C=O) groups excluding carboxylic acids is 1. The Bertz CT molecular complexity index is 408. The maximum atomic E-state index is 13.2. The zero-order valence-electron chi connectivity index (χ0n) is 9.85. The maximum Gasteiger partial charge on any atom is 0.491 e. The number of rotatable bonds is 4. The number of hydrogen-bond donors (Lipinski definition) is 2. The SMILES string of the molecule is CCN(CC)C(=O)c1ccc(F)c(B(O)O)c1. The Balaban J connectivity index is 3.07. The van der Waals surface area contributed by atoms with Crippen LogP contribution in [-0.4, -0.2) is 41.1 Å². The predicted octanol–water partition coefficient (Wildman–Crippen LogP) is -0.0125. The van der Waals surface area contributed by atoms with Gasteiger partial charge in [-0.05, 0) is 32.0 Å². The first-order valence-corrected chi connectivity index (χ1v) is 5.46. The Kier molecular flexibility index (Phi) is 4.66. The summed E-state index contributed by atoms with van der Waals surface area (Å²) in [6, 6.07) is 3.56. The minimum atomic E-state index is -1.92. The molecule has 0 aliphatic heterocycles. The van der Waals surface area contributed by atoms with Gasteiger partial charge in [0.1, 0.15) is 5.82 Å². The molecule has 2 N–H and O–H groups in total. The molecule has 1 rings (SSSR count). The van der Waals surface area contributed by atoms with Crippen molar-refractivity contribution in [3.05, 3.63) is 29.6 Å². The van der Waals surface area contributed by atoms with Crippen molar-refractivity contribution in [2.45, 2.75) is 13.8 Å². The molecule has 4 nitrogen and oxygen atoms in total. The summed E-state index contributed by atoms with van der Waals surface area (Å²) in [7, 11) is -1.92. The van der Waals surface area contributed by atoms with Crippen LogP contribution < -0.4 is 5.46 Å². The van der Waals surface area contributed by atoms with Gasteiger partial charge in [-0.1, -0.05) is 0 Å². The van der Waals surface area contributed by atoms with Crippen LogP contribution >= 0.6 is 0 Å². The Labute approximate surface area is 99.8 Å². The fraction of sp³-hybridized carbons (Fsp3) is 0.364. The Hall–Kier alpha value is -1.40. The number of carbonyl (C=O) groups is 1. The van der Waals surface area contributed by atoms with E-state index < -0.39 is 12.9 Å². The van der Waals surface area contributed by atoms with E-state index in [0.717, 1.165) is 6.07 Å². The van der Waals surface area contributed by atoms with E-state index in [-0.39, 0.29) is 16.9 Å². The third kappa shape index (κ3) is 3.05. The third-order valence-electron chi connectivity index (χ3n) is 2.57. The van der Waals surface area contributed by atoms with Crippen LogP contribution in [0.15, 0.2) is 18.2 Å². The van der Waals surface area contributed by atoms with Gasteiger partial charge in [-0.15, -0.1) is 0 Å². The van der Waals surface area contributed by atoms with Gasteiger partial charge in [-0.25, -0.2) is 4.39 Å². The van der Waals surface area contributed by atoms with Crippen LogP contribution in [0.5, 0.6) is 0 Å². The zero-order valence-corrected chi connectivity index (χ0v) is 9.85. The molecule has 92 valence electrons. The van der Waals surface area contributed by atoms with E-state index in [0.29, 0.717) is 13.1 Å². The van der Waals surface area contributed by atoms with Crippen molar-refractivity contribution in [3.63, 3.8) is 0 Å². The van der Waals surface area contributed by atoms with Crippen LogP contribution in [0, 0.1) is 5.82 Å². The summed E-state index contributed by atoms with van der Waals surface area (Å²) in [4.78, 5) is 13.5.